The van der Waals surface area contributed by atoms with Crippen LogP contribution in [0, 0.1) is 19.8 Å². The molecule has 0 bridgehead atoms. The molecular formula is C27H27N5O. The van der Waals surface area contributed by atoms with Crippen LogP contribution in [0.4, 0.5) is 0 Å². The molecule has 2 aromatic carbocycles. The van der Waals surface area contributed by atoms with Gasteiger partial charge in [-0.05, 0) is 50.3 Å². The Labute approximate surface area is 191 Å². The first-order valence-corrected chi connectivity index (χ1v) is 11.7. The van der Waals surface area contributed by atoms with Crippen LogP contribution in [0.15, 0.2) is 59.4 Å². The molecule has 1 saturated carbocycles. The molecule has 0 radical (unpaired) electrons. The van der Waals surface area contributed by atoms with Crippen LogP contribution >= 0.6 is 0 Å². The minimum absolute atomic E-state index is 0.106. The molecule has 1 fully saturated rings. The third-order valence-electron chi connectivity index (χ3n) is 7.00. The molecule has 1 aliphatic rings. The largest absolute Gasteiger partial charge is 0.323 e. The van der Waals surface area contributed by atoms with Gasteiger partial charge < -0.3 is 4.57 Å². The summed E-state index contributed by atoms with van der Waals surface area (Å²) >= 11 is 0. The lowest BCUT2D eigenvalue weighted by Crippen LogP contribution is -2.21. The number of aromatic amines is 1. The normalized spacial score (nSPS) is 14.6. The van der Waals surface area contributed by atoms with Crippen LogP contribution in [-0.4, -0.2) is 24.1 Å². The van der Waals surface area contributed by atoms with Gasteiger partial charge in [0.2, 0.25) is 0 Å². The zero-order chi connectivity index (χ0) is 22.5. The van der Waals surface area contributed by atoms with E-state index in [4.69, 9.17) is 9.97 Å². The number of para-hydroxylation sites is 2. The number of aryl methyl sites for hydroxylation is 2. The summed E-state index contributed by atoms with van der Waals surface area (Å²) in [5, 5.41) is 3.26. The highest BCUT2D eigenvalue weighted by atomic mass is 16.1. The first-order chi connectivity index (χ1) is 16.1. The van der Waals surface area contributed by atoms with Crippen molar-refractivity contribution >= 4 is 16.7 Å². The number of nitrogens with zero attached hydrogens (tertiary/aromatic N) is 4. The van der Waals surface area contributed by atoms with E-state index in [0.717, 1.165) is 40.2 Å². The molecule has 1 aliphatic carbocycles. The number of rotatable bonds is 4. The first-order valence-electron chi connectivity index (χ1n) is 11.7. The highest BCUT2D eigenvalue weighted by molar-refractivity contribution is 5.83. The maximum absolute atomic E-state index is 13.9. The number of hydrogen-bond donors (Lipinski definition) is 1. The fourth-order valence-electron chi connectivity index (χ4n) is 5.40. The van der Waals surface area contributed by atoms with Gasteiger partial charge in [0.25, 0.3) is 5.56 Å². The quantitative estimate of drug-likeness (QED) is 0.403. The van der Waals surface area contributed by atoms with Crippen LogP contribution < -0.4 is 5.56 Å². The number of nitrogens with one attached hydrogen (secondary N) is 1. The number of aromatic nitrogens is 5. The summed E-state index contributed by atoms with van der Waals surface area (Å²) in [6.45, 7) is 4.80. The monoisotopic (exact) mass is 437 g/mol. The highest BCUT2D eigenvalue weighted by Crippen LogP contribution is 2.32. The smallest absolute Gasteiger partial charge is 0.284 e. The third-order valence-corrected chi connectivity index (χ3v) is 7.00. The van der Waals surface area contributed by atoms with Gasteiger partial charge in [-0.3, -0.25) is 9.89 Å². The minimum Gasteiger partial charge on any atom is -0.323 e. The lowest BCUT2D eigenvalue weighted by atomic mass is 10.1. The lowest BCUT2D eigenvalue weighted by molar-refractivity contribution is 0.467. The molecule has 6 nitrogen and oxygen atoms in total. The van der Waals surface area contributed by atoms with Crippen LogP contribution in [0.3, 0.4) is 0 Å². The van der Waals surface area contributed by atoms with Crippen molar-refractivity contribution in [1.82, 2.24) is 24.1 Å². The maximum Gasteiger partial charge on any atom is 0.284 e. The number of fused-ring (bicyclic) bond motifs is 2. The van der Waals surface area contributed by atoms with E-state index in [1.54, 1.807) is 4.52 Å². The van der Waals surface area contributed by atoms with E-state index >= 15 is 0 Å². The van der Waals surface area contributed by atoms with E-state index in [-0.39, 0.29) is 5.56 Å². The number of H-pyrrole nitrogens is 1. The van der Waals surface area contributed by atoms with Gasteiger partial charge in [-0.1, -0.05) is 55.3 Å². The first kappa shape index (κ1) is 20.0. The second-order valence-electron chi connectivity index (χ2n) is 9.20. The number of imidazole rings is 1. The Hall–Kier alpha value is -3.67. The SMILES string of the molecule is Cc1nc2c(-c3ccccc3)c(C)[nH]n2c(=O)c1-c1nc2ccccc2n1CC1CCCC1. The Morgan fingerprint density at radius 1 is 0.939 bits per heavy atom. The summed E-state index contributed by atoms with van der Waals surface area (Å²) in [7, 11) is 0. The molecule has 5 aromatic rings. The molecule has 0 unspecified atom stereocenters. The maximum atomic E-state index is 13.9. The van der Waals surface area contributed by atoms with Crippen molar-refractivity contribution in [2.75, 3.05) is 0 Å². The second kappa shape index (κ2) is 7.73. The average Bonchev–Trinajstić information content (AvgIpc) is 3.53. The van der Waals surface area contributed by atoms with Crippen LogP contribution in [0.1, 0.15) is 37.1 Å². The van der Waals surface area contributed by atoms with E-state index in [1.165, 1.54) is 25.7 Å². The molecule has 0 aliphatic heterocycles. The molecule has 3 heterocycles. The predicted molar refractivity (Wildman–Crippen MR) is 131 cm³/mol. The molecule has 1 N–H and O–H groups in total. The van der Waals surface area contributed by atoms with Gasteiger partial charge in [0.15, 0.2) is 5.65 Å². The van der Waals surface area contributed by atoms with Gasteiger partial charge >= 0.3 is 0 Å². The summed E-state index contributed by atoms with van der Waals surface area (Å²) in [5.41, 5.74) is 6.75. The Bertz CT molecular complexity index is 1530. The van der Waals surface area contributed by atoms with Crippen molar-refractivity contribution in [2.45, 2.75) is 46.1 Å². The summed E-state index contributed by atoms with van der Waals surface area (Å²) in [5.74, 6) is 1.35. The molecule has 0 saturated heterocycles. The Morgan fingerprint density at radius 3 is 2.45 bits per heavy atom. The molecule has 3 aromatic heterocycles. The Kier molecular flexibility index (Phi) is 4.68. The number of benzene rings is 2. The van der Waals surface area contributed by atoms with Gasteiger partial charge in [0.1, 0.15) is 11.4 Å². The molecule has 0 spiro atoms. The molecule has 0 amide bonds. The highest BCUT2D eigenvalue weighted by Gasteiger charge is 2.25. The third kappa shape index (κ3) is 3.20. The van der Waals surface area contributed by atoms with E-state index in [1.807, 2.05) is 62.4 Å². The van der Waals surface area contributed by atoms with E-state index in [2.05, 4.69) is 15.7 Å². The fourth-order valence-corrected chi connectivity index (χ4v) is 5.40. The Balaban J connectivity index is 1.59. The standard InChI is InChI=1S/C27H27N5O/c1-17-24(25-29-21-14-8-9-15-22(21)31(25)16-19-10-6-7-11-19)27(33)32-26(28-17)23(18(2)30-32)20-12-4-3-5-13-20/h3-5,8-9,12-15,19,30H,6-7,10-11,16H2,1-2H3. The van der Waals surface area contributed by atoms with Crippen molar-refractivity contribution in [1.29, 1.82) is 0 Å². The van der Waals surface area contributed by atoms with Gasteiger partial charge in [-0.25, -0.2) is 14.5 Å². The molecule has 0 atom stereocenters. The second-order valence-corrected chi connectivity index (χ2v) is 9.20. The number of hydrogen-bond acceptors (Lipinski definition) is 3. The van der Waals surface area contributed by atoms with Crippen molar-refractivity contribution in [3.63, 3.8) is 0 Å². The molecule has 6 heteroatoms. The average molecular weight is 438 g/mol. The van der Waals surface area contributed by atoms with Gasteiger partial charge in [0.05, 0.1) is 16.7 Å². The van der Waals surface area contributed by atoms with Crippen LogP contribution in [0.25, 0.3) is 39.2 Å². The van der Waals surface area contributed by atoms with Crippen LogP contribution in [-0.2, 0) is 6.54 Å². The topological polar surface area (TPSA) is 68.0 Å². The van der Waals surface area contributed by atoms with Crippen molar-refractivity contribution < 1.29 is 0 Å². The van der Waals surface area contributed by atoms with E-state index < -0.39 is 0 Å². The lowest BCUT2D eigenvalue weighted by Gasteiger charge is -2.15. The minimum atomic E-state index is -0.106. The molecule has 33 heavy (non-hydrogen) atoms. The van der Waals surface area contributed by atoms with Crippen LogP contribution in [0.5, 0.6) is 0 Å². The van der Waals surface area contributed by atoms with E-state index in [0.29, 0.717) is 22.8 Å². The molecular weight excluding hydrogens is 410 g/mol. The summed E-state index contributed by atoms with van der Waals surface area (Å²) in [4.78, 5) is 23.7. The van der Waals surface area contributed by atoms with Crippen LogP contribution in [0.2, 0.25) is 0 Å². The molecule has 166 valence electrons. The fraction of sp³-hybridized carbons (Fsp3) is 0.296. The van der Waals surface area contributed by atoms with Crippen molar-refractivity contribution in [2.24, 2.45) is 5.92 Å². The zero-order valence-electron chi connectivity index (χ0n) is 19.0. The summed E-state index contributed by atoms with van der Waals surface area (Å²) < 4.78 is 3.83. The van der Waals surface area contributed by atoms with Crippen molar-refractivity contribution in [3.8, 4) is 22.5 Å². The van der Waals surface area contributed by atoms with Crippen molar-refractivity contribution in [3.05, 3.63) is 76.3 Å². The van der Waals surface area contributed by atoms with E-state index in [9.17, 15) is 4.79 Å². The van der Waals surface area contributed by atoms with Gasteiger partial charge in [-0.15, -0.1) is 0 Å². The summed E-state index contributed by atoms with van der Waals surface area (Å²) in [6.07, 6.45) is 5.03. The zero-order valence-corrected chi connectivity index (χ0v) is 19.0. The Morgan fingerprint density at radius 2 is 1.67 bits per heavy atom. The summed E-state index contributed by atoms with van der Waals surface area (Å²) in [6, 6.07) is 18.3. The van der Waals surface area contributed by atoms with Gasteiger partial charge in [-0.2, -0.15) is 0 Å². The van der Waals surface area contributed by atoms with Gasteiger partial charge in [0, 0.05) is 17.8 Å². The molecule has 6 rings (SSSR count). The predicted octanol–water partition coefficient (Wildman–Crippen LogP) is 5.51.